The zero-order valence-electron chi connectivity index (χ0n) is 12.4. The molecule has 0 fully saturated rings. The largest absolute Gasteiger partial charge is 0.494 e. The van der Waals surface area contributed by atoms with Crippen molar-refractivity contribution in [3.8, 4) is 5.75 Å². The highest BCUT2D eigenvalue weighted by atomic mass is 79.9. The average molecular weight is 368 g/mol. The van der Waals surface area contributed by atoms with Crippen LogP contribution in [-0.2, 0) is 13.1 Å². The van der Waals surface area contributed by atoms with E-state index in [0.29, 0.717) is 0 Å². The van der Waals surface area contributed by atoms with Crippen LogP contribution in [0.25, 0.3) is 0 Å². The molecule has 2 rings (SSSR count). The summed E-state index contributed by atoms with van der Waals surface area (Å²) < 4.78 is 6.91. The molecule has 0 amide bonds. The van der Waals surface area contributed by atoms with Gasteiger partial charge in [0.1, 0.15) is 5.75 Å². The molecule has 0 aliphatic rings. The highest BCUT2D eigenvalue weighted by Crippen LogP contribution is 2.22. The molecule has 0 saturated carbocycles. The van der Waals surface area contributed by atoms with Crippen molar-refractivity contribution in [2.75, 3.05) is 6.61 Å². The first-order chi connectivity index (χ1) is 10.3. The number of benzene rings is 1. The van der Waals surface area contributed by atoms with Crippen molar-refractivity contribution >= 4 is 27.3 Å². The number of thiophene rings is 1. The number of hydrogen-bond donors (Lipinski definition) is 1. The molecule has 0 bridgehead atoms. The molecule has 1 aromatic heterocycles. The lowest BCUT2D eigenvalue weighted by atomic mass is 10.2. The predicted molar refractivity (Wildman–Crippen MR) is 94.0 cm³/mol. The predicted octanol–water partition coefficient (Wildman–Crippen LogP) is 5.37. The highest BCUT2D eigenvalue weighted by Gasteiger charge is 2.01. The summed E-state index contributed by atoms with van der Waals surface area (Å²) in [6.45, 7) is 4.79. The number of rotatable bonds is 9. The lowest BCUT2D eigenvalue weighted by molar-refractivity contribution is 0.306. The zero-order valence-corrected chi connectivity index (χ0v) is 14.8. The Kier molecular flexibility index (Phi) is 7.27. The van der Waals surface area contributed by atoms with Gasteiger partial charge in [0.2, 0.25) is 0 Å². The van der Waals surface area contributed by atoms with Crippen LogP contribution in [0.15, 0.2) is 40.2 Å². The molecule has 4 heteroatoms. The molecule has 1 aromatic carbocycles. The van der Waals surface area contributed by atoms with Gasteiger partial charge < -0.3 is 10.1 Å². The summed E-state index contributed by atoms with van der Waals surface area (Å²) in [6.07, 6.45) is 3.60. The van der Waals surface area contributed by atoms with Crippen LogP contribution in [0.1, 0.15) is 36.6 Å². The molecule has 0 radical (unpaired) electrons. The van der Waals surface area contributed by atoms with E-state index in [1.807, 2.05) is 0 Å². The van der Waals surface area contributed by atoms with Gasteiger partial charge in [0, 0.05) is 22.4 Å². The maximum atomic E-state index is 5.72. The second-order valence-electron chi connectivity index (χ2n) is 4.99. The zero-order chi connectivity index (χ0) is 14.9. The van der Waals surface area contributed by atoms with Crippen LogP contribution < -0.4 is 10.1 Å². The Morgan fingerprint density at radius 1 is 1.10 bits per heavy atom. The van der Waals surface area contributed by atoms with Crippen LogP contribution in [-0.4, -0.2) is 6.61 Å². The summed E-state index contributed by atoms with van der Waals surface area (Å²) >= 11 is 5.32. The van der Waals surface area contributed by atoms with E-state index in [1.165, 1.54) is 27.8 Å². The number of ether oxygens (including phenoxy) is 1. The minimum Gasteiger partial charge on any atom is -0.494 e. The van der Waals surface area contributed by atoms with Crippen LogP contribution in [0.2, 0.25) is 0 Å². The van der Waals surface area contributed by atoms with Gasteiger partial charge in [0.25, 0.3) is 0 Å². The SMILES string of the molecule is CCCCCOc1ccc(CNCc2sccc2Br)cc1. The molecule has 0 aliphatic carbocycles. The second-order valence-corrected chi connectivity index (χ2v) is 6.85. The molecule has 21 heavy (non-hydrogen) atoms. The Balaban J connectivity index is 1.71. The minimum atomic E-state index is 0.817. The Morgan fingerprint density at radius 3 is 2.57 bits per heavy atom. The van der Waals surface area contributed by atoms with E-state index in [2.05, 4.69) is 63.9 Å². The van der Waals surface area contributed by atoms with Crippen molar-refractivity contribution < 1.29 is 4.74 Å². The van der Waals surface area contributed by atoms with Crippen molar-refractivity contribution in [1.29, 1.82) is 0 Å². The fraction of sp³-hybridized carbons (Fsp3) is 0.412. The second kappa shape index (κ2) is 9.23. The van der Waals surface area contributed by atoms with Gasteiger partial charge in [-0.05, 0) is 51.5 Å². The van der Waals surface area contributed by atoms with Gasteiger partial charge in [0.05, 0.1) is 6.61 Å². The summed E-state index contributed by atoms with van der Waals surface area (Å²) in [5.41, 5.74) is 1.28. The molecule has 0 spiro atoms. The van der Waals surface area contributed by atoms with Crippen molar-refractivity contribution in [3.63, 3.8) is 0 Å². The maximum Gasteiger partial charge on any atom is 0.119 e. The van der Waals surface area contributed by atoms with Crippen molar-refractivity contribution in [3.05, 3.63) is 50.6 Å². The normalized spacial score (nSPS) is 10.8. The Morgan fingerprint density at radius 2 is 1.90 bits per heavy atom. The molecule has 114 valence electrons. The minimum absolute atomic E-state index is 0.817. The van der Waals surface area contributed by atoms with Crippen molar-refractivity contribution in [1.82, 2.24) is 5.32 Å². The van der Waals surface area contributed by atoms with Crippen molar-refractivity contribution in [2.45, 2.75) is 39.3 Å². The third-order valence-corrected chi connectivity index (χ3v) is 5.17. The first kappa shape index (κ1) is 16.5. The van der Waals surface area contributed by atoms with E-state index in [-0.39, 0.29) is 0 Å². The van der Waals surface area contributed by atoms with Gasteiger partial charge in [0.15, 0.2) is 0 Å². The molecule has 0 unspecified atom stereocenters. The van der Waals surface area contributed by atoms with E-state index < -0.39 is 0 Å². The van der Waals surface area contributed by atoms with Crippen LogP contribution in [0.5, 0.6) is 5.75 Å². The number of nitrogens with one attached hydrogen (secondary N) is 1. The number of hydrogen-bond acceptors (Lipinski definition) is 3. The first-order valence-electron chi connectivity index (χ1n) is 7.44. The third kappa shape index (κ3) is 5.81. The standard InChI is InChI=1S/C17H22BrNOS/c1-2-3-4-10-20-15-7-5-14(6-8-15)12-19-13-17-16(18)9-11-21-17/h5-9,11,19H,2-4,10,12-13H2,1H3. The lowest BCUT2D eigenvalue weighted by Crippen LogP contribution is -2.11. The topological polar surface area (TPSA) is 21.3 Å². The van der Waals surface area contributed by atoms with E-state index in [9.17, 15) is 0 Å². The first-order valence-corrected chi connectivity index (χ1v) is 9.11. The summed E-state index contributed by atoms with van der Waals surface area (Å²) in [5, 5.41) is 5.57. The molecular weight excluding hydrogens is 346 g/mol. The molecule has 1 N–H and O–H groups in total. The highest BCUT2D eigenvalue weighted by molar-refractivity contribution is 9.10. The Hall–Kier alpha value is -0.840. The third-order valence-electron chi connectivity index (χ3n) is 3.25. The number of unbranched alkanes of at least 4 members (excludes halogenated alkanes) is 2. The molecule has 0 atom stereocenters. The van der Waals surface area contributed by atoms with Gasteiger partial charge in [-0.25, -0.2) is 0 Å². The van der Waals surface area contributed by atoms with Crippen molar-refractivity contribution in [2.24, 2.45) is 0 Å². The smallest absolute Gasteiger partial charge is 0.119 e. The van der Waals surface area contributed by atoms with E-state index >= 15 is 0 Å². The Bertz CT molecular complexity index is 524. The summed E-state index contributed by atoms with van der Waals surface area (Å²) in [5.74, 6) is 0.968. The summed E-state index contributed by atoms with van der Waals surface area (Å²) in [7, 11) is 0. The maximum absolute atomic E-state index is 5.72. The molecule has 1 heterocycles. The van der Waals surface area contributed by atoms with Gasteiger partial charge in [-0.2, -0.15) is 0 Å². The average Bonchev–Trinajstić information content (AvgIpc) is 2.91. The van der Waals surface area contributed by atoms with E-state index in [4.69, 9.17) is 4.74 Å². The van der Waals surface area contributed by atoms with Crippen LogP contribution >= 0.6 is 27.3 Å². The lowest BCUT2D eigenvalue weighted by Gasteiger charge is -2.08. The molecule has 0 saturated heterocycles. The van der Waals surface area contributed by atoms with Gasteiger partial charge in [-0.15, -0.1) is 11.3 Å². The molecule has 2 aromatic rings. The summed E-state index contributed by atoms with van der Waals surface area (Å²) in [4.78, 5) is 1.34. The fourth-order valence-electron chi connectivity index (χ4n) is 2.02. The van der Waals surface area contributed by atoms with Crippen LogP contribution in [0, 0.1) is 0 Å². The quantitative estimate of drug-likeness (QED) is 0.601. The van der Waals surface area contributed by atoms with Crippen LogP contribution in [0.3, 0.4) is 0 Å². The van der Waals surface area contributed by atoms with Crippen LogP contribution in [0.4, 0.5) is 0 Å². The fourth-order valence-corrected chi connectivity index (χ4v) is 3.48. The molecule has 0 aliphatic heterocycles. The van der Waals surface area contributed by atoms with Gasteiger partial charge >= 0.3 is 0 Å². The molecular formula is C17H22BrNOS. The van der Waals surface area contributed by atoms with E-state index in [1.54, 1.807) is 11.3 Å². The monoisotopic (exact) mass is 367 g/mol. The van der Waals surface area contributed by atoms with Gasteiger partial charge in [-0.3, -0.25) is 0 Å². The molecule has 2 nitrogen and oxygen atoms in total. The Labute approximate surface area is 139 Å². The summed E-state index contributed by atoms with van der Waals surface area (Å²) in [6, 6.07) is 10.5. The van der Waals surface area contributed by atoms with E-state index in [0.717, 1.165) is 31.9 Å². The number of halogens is 1. The van der Waals surface area contributed by atoms with Gasteiger partial charge in [-0.1, -0.05) is 31.9 Å².